The zero-order valence-electron chi connectivity index (χ0n) is 9.85. The van der Waals surface area contributed by atoms with Crippen LogP contribution < -0.4 is 10.6 Å². The molecule has 0 unspecified atom stereocenters. The van der Waals surface area contributed by atoms with Gasteiger partial charge in [0, 0.05) is 12.7 Å². The molecule has 2 amide bonds. The van der Waals surface area contributed by atoms with E-state index in [1.54, 1.807) is 0 Å². The molecule has 96 valence electrons. The quantitative estimate of drug-likeness (QED) is 0.757. The zero-order valence-corrected chi connectivity index (χ0v) is 9.85. The number of anilines is 1. The first-order chi connectivity index (χ1) is 8.65. The first-order valence-corrected chi connectivity index (χ1v) is 5.88. The van der Waals surface area contributed by atoms with E-state index in [1.165, 1.54) is 24.9 Å². The molecule has 18 heavy (non-hydrogen) atoms. The van der Waals surface area contributed by atoms with E-state index in [0.717, 1.165) is 12.8 Å². The number of hydrogen-bond donors (Lipinski definition) is 3. The molecule has 0 spiro atoms. The number of carboxylic acid groups (broad SMARTS) is 1. The molecule has 6 nitrogen and oxygen atoms in total. The Bertz CT molecular complexity index is 458. The Hall–Kier alpha value is -2.11. The minimum Gasteiger partial charge on any atom is -0.478 e. The van der Waals surface area contributed by atoms with Crippen molar-refractivity contribution in [3.63, 3.8) is 0 Å². The van der Waals surface area contributed by atoms with Gasteiger partial charge >= 0.3 is 12.0 Å². The minimum atomic E-state index is -1.07. The van der Waals surface area contributed by atoms with Gasteiger partial charge in [0.2, 0.25) is 0 Å². The summed E-state index contributed by atoms with van der Waals surface area (Å²) in [4.78, 5) is 26.0. The third-order valence-corrected chi connectivity index (χ3v) is 3.02. The first-order valence-electron chi connectivity index (χ1n) is 5.88. The highest BCUT2D eigenvalue weighted by atomic mass is 16.4. The average Bonchev–Trinajstić information content (AvgIpc) is 2.27. The molecule has 1 saturated carbocycles. The van der Waals surface area contributed by atoms with Crippen molar-refractivity contribution in [1.29, 1.82) is 0 Å². The van der Waals surface area contributed by atoms with Crippen LogP contribution in [0.2, 0.25) is 0 Å². The van der Waals surface area contributed by atoms with Crippen molar-refractivity contribution in [3.8, 4) is 0 Å². The number of amides is 2. The fourth-order valence-corrected chi connectivity index (χ4v) is 1.73. The Balaban J connectivity index is 1.85. The summed E-state index contributed by atoms with van der Waals surface area (Å²) in [5.74, 6) is -0.486. The second kappa shape index (κ2) is 5.48. The summed E-state index contributed by atoms with van der Waals surface area (Å²) >= 11 is 0. The number of nitrogens with zero attached hydrogens (tertiary/aromatic N) is 1. The molecule has 0 aliphatic heterocycles. The number of carbonyl (C=O) groups excluding carboxylic acids is 1. The summed E-state index contributed by atoms with van der Waals surface area (Å²) in [5.41, 5.74) is 0.424. The van der Waals surface area contributed by atoms with Gasteiger partial charge in [0.15, 0.2) is 0 Å². The zero-order chi connectivity index (χ0) is 13.0. The Labute approximate surface area is 104 Å². The molecule has 0 bridgehead atoms. The second-order valence-electron chi connectivity index (χ2n) is 4.40. The van der Waals surface area contributed by atoms with Gasteiger partial charge in [-0.05, 0) is 24.8 Å². The van der Waals surface area contributed by atoms with Crippen molar-refractivity contribution in [2.75, 3.05) is 11.9 Å². The number of nitrogens with one attached hydrogen (secondary N) is 2. The summed E-state index contributed by atoms with van der Waals surface area (Å²) in [6, 6.07) is 1.05. The molecule has 1 aliphatic carbocycles. The Morgan fingerprint density at radius 2 is 2.17 bits per heavy atom. The lowest BCUT2D eigenvalue weighted by molar-refractivity contribution is 0.0696. The summed E-state index contributed by atoms with van der Waals surface area (Å²) in [6.45, 7) is 0.665. The van der Waals surface area contributed by atoms with Gasteiger partial charge in [-0.15, -0.1) is 0 Å². The highest BCUT2D eigenvalue weighted by molar-refractivity contribution is 5.92. The fraction of sp³-hybridized carbons (Fsp3) is 0.417. The van der Waals surface area contributed by atoms with Crippen molar-refractivity contribution in [3.05, 3.63) is 24.0 Å². The summed E-state index contributed by atoms with van der Waals surface area (Å²) in [7, 11) is 0. The molecule has 0 radical (unpaired) electrons. The van der Waals surface area contributed by atoms with Crippen molar-refractivity contribution in [2.24, 2.45) is 5.92 Å². The van der Waals surface area contributed by atoms with Gasteiger partial charge in [-0.3, -0.25) is 4.98 Å². The van der Waals surface area contributed by atoms with Crippen LogP contribution in [0.4, 0.5) is 10.5 Å². The fourth-order valence-electron chi connectivity index (χ4n) is 1.73. The number of rotatable bonds is 4. The Morgan fingerprint density at radius 1 is 1.39 bits per heavy atom. The largest absolute Gasteiger partial charge is 0.478 e. The maximum Gasteiger partial charge on any atom is 0.337 e. The van der Waals surface area contributed by atoms with Crippen molar-refractivity contribution >= 4 is 17.7 Å². The molecule has 1 aliphatic rings. The minimum absolute atomic E-state index is 0.0480. The van der Waals surface area contributed by atoms with Crippen molar-refractivity contribution < 1.29 is 14.7 Å². The highest BCUT2D eigenvalue weighted by Gasteiger charge is 2.17. The molecule has 3 N–H and O–H groups in total. The van der Waals surface area contributed by atoms with Crippen LogP contribution in [0.1, 0.15) is 29.6 Å². The lowest BCUT2D eigenvalue weighted by atomic mass is 9.85. The van der Waals surface area contributed by atoms with Crippen LogP contribution >= 0.6 is 0 Å². The van der Waals surface area contributed by atoms with E-state index in [2.05, 4.69) is 15.6 Å². The maximum absolute atomic E-state index is 11.5. The highest BCUT2D eigenvalue weighted by Crippen LogP contribution is 2.25. The summed E-state index contributed by atoms with van der Waals surface area (Å²) < 4.78 is 0. The van der Waals surface area contributed by atoms with Gasteiger partial charge in [-0.1, -0.05) is 6.42 Å². The molecule has 1 fully saturated rings. The second-order valence-corrected chi connectivity index (χ2v) is 4.40. The van der Waals surface area contributed by atoms with E-state index >= 15 is 0 Å². The number of aromatic nitrogens is 1. The van der Waals surface area contributed by atoms with Gasteiger partial charge in [0.1, 0.15) is 0 Å². The number of urea groups is 1. The van der Waals surface area contributed by atoms with E-state index in [1.807, 2.05) is 0 Å². The monoisotopic (exact) mass is 249 g/mol. The third-order valence-electron chi connectivity index (χ3n) is 3.02. The van der Waals surface area contributed by atoms with Gasteiger partial charge in [-0.2, -0.15) is 0 Å². The number of pyridine rings is 1. The van der Waals surface area contributed by atoms with E-state index in [9.17, 15) is 9.59 Å². The number of aromatic carboxylic acids is 1. The Kier molecular flexibility index (Phi) is 3.76. The van der Waals surface area contributed by atoms with Gasteiger partial charge in [-0.25, -0.2) is 9.59 Å². The lowest BCUT2D eigenvalue weighted by Gasteiger charge is -2.25. The topological polar surface area (TPSA) is 91.3 Å². The van der Waals surface area contributed by atoms with Crippen LogP contribution in [-0.4, -0.2) is 28.6 Å². The predicted octanol–water partition coefficient (Wildman–Crippen LogP) is 1.70. The first kappa shape index (κ1) is 12.3. The smallest absolute Gasteiger partial charge is 0.337 e. The van der Waals surface area contributed by atoms with Crippen molar-refractivity contribution in [2.45, 2.75) is 19.3 Å². The standard InChI is InChI=1S/C12H15N3O3/c16-11(17)9-4-10(7-13-6-9)15-12(18)14-5-8-2-1-3-8/h4,6-8H,1-3,5H2,(H,16,17)(H2,14,15,18). The molecule has 1 aromatic rings. The van der Waals surface area contributed by atoms with Crippen LogP contribution in [0.3, 0.4) is 0 Å². The van der Waals surface area contributed by atoms with Gasteiger partial charge in [0.05, 0.1) is 17.4 Å². The van der Waals surface area contributed by atoms with Crippen LogP contribution in [0, 0.1) is 5.92 Å². The molecule has 0 saturated heterocycles. The maximum atomic E-state index is 11.5. The van der Waals surface area contributed by atoms with E-state index in [0.29, 0.717) is 18.2 Å². The molecule has 1 aromatic heterocycles. The molecule has 6 heteroatoms. The van der Waals surface area contributed by atoms with Gasteiger partial charge in [0.25, 0.3) is 0 Å². The number of hydrogen-bond acceptors (Lipinski definition) is 3. The molecule has 1 heterocycles. The SMILES string of the molecule is O=C(NCC1CCC1)Nc1cncc(C(=O)O)c1. The van der Waals surface area contributed by atoms with E-state index in [4.69, 9.17) is 5.11 Å². The van der Waals surface area contributed by atoms with E-state index < -0.39 is 5.97 Å². The number of carboxylic acids is 1. The molecular formula is C12H15N3O3. The molecule has 2 rings (SSSR count). The van der Waals surface area contributed by atoms with Gasteiger partial charge < -0.3 is 15.7 Å². The lowest BCUT2D eigenvalue weighted by Crippen LogP contribution is -2.35. The summed E-state index contributed by atoms with van der Waals surface area (Å²) in [5, 5.41) is 14.1. The van der Waals surface area contributed by atoms with Crippen LogP contribution in [-0.2, 0) is 0 Å². The van der Waals surface area contributed by atoms with Crippen molar-refractivity contribution in [1.82, 2.24) is 10.3 Å². The summed E-state index contributed by atoms with van der Waals surface area (Å²) in [6.07, 6.45) is 6.21. The third kappa shape index (κ3) is 3.19. The Morgan fingerprint density at radius 3 is 2.78 bits per heavy atom. The van der Waals surface area contributed by atoms with Crippen LogP contribution in [0.5, 0.6) is 0 Å². The average molecular weight is 249 g/mol. The molecule has 0 aromatic carbocycles. The molecule has 0 atom stereocenters. The van der Waals surface area contributed by atoms with Crippen LogP contribution in [0.25, 0.3) is 0 Å². The van der Waals surface area contributed by atoms with E-state index in [-0.39, 0.29) is 11.6 Å². The molecular weight excluding hydrogens is 234 g/mol. The number of carbonyl (C=O) groups is 2. The van der Waals surface area contributed by atoms with Crippen LogP contribution in [0.15, 0.2) is 18.5 Å². The predicted molar refractivity (Wildman–Crippen MR) is 65.6 cm³/mol. The normalized spacial score (nSPS) is 14.7.